The van der Waals surface area contributed by atoms with Gasteiger partial charge in [0.2, 0.25) is 0 Å². The third-order valence-electron chi connectivity index (χ3n) is 1.71. The summed E-state index contributed by atoms with van der Waals surface area (Å²) in [4.78, 5) is 0.732. The Labute approximate surface area is 86.8 Å². The van der Waals surface area contributed by atoms with Crippen molar-refractivity contribution in [3.63, 3.8) is 0 Å². The Hall–Kier alpha value is -0.580. The van der Waals surface area contributed by atoms with E-state index in [0.717, 1.165) is 4.90 Å². The van der Waals surface area contributed by atoms with Crippen LogP contribution in [-0.4, -0.2) is 22.1 Å². The highest BCUT2D eigenvalue weighted by atomic mass is 32.2. The van der Waals surface area contributed by atoms with E-state index in [1.165, 1.54) is 23.9 Å². The Morgan fingerprint density at radius 1 is 1.36 bits per heavy atom. The van der Waals surface area contributed by atoms with E-state index < -0.39 is 0 Å². The van der Waals surface area contributed by atoms with E-state index in [4.69, 9.17) is 10.2 Å². The maximum Gasteiger partial charge on any atom is 0.124 e. The Morgan fingerprint density at radius 3 is 2.64 bits per heavy atom. The maximum atomic E-state index is 13.0. The fourth-order valence-corrected chi connectivity index (χ4v) is 1.99. The lowest BCUT2D eigenvalue weighted by atomic mass is 10.2. The molecule has 0 aliphatic rings. The van der Waals surface area contributed by atoms with Gasteiger partial charge in [-0.1, -0.05) is 6.92 Å². The Morgan fingerprint density at radius 2 is 2.07 bits per heavy atom. The monoisotopic (exact) mass is 216 g/mol. The normalized spacial score (nSPS) is 12.9. The molecule has 0 radical (unpaired) electrons. The molecule has 1 atom stereocenters. The summed E-state index contributed by atoms with van der Waals surface area (Å²) in [5.74, 6) is -0.357. The summed E-state index contributed by atoms with van der Waals surface area (Å²) >= 11 is 1.39. The topological polar surface area (TPSA) is 40.5 Å². The van der Waals surface area contributed by atoms with Gasteiger partial charge in [0.05, 0.1) is 13.2 Å². The molecule has 4 heteroatoms. The molecule has 0 spiro atoms. The van der Waals surface area contributed by atoms with Crippen LogP contribution in [0.5, 0.6) is 0 Å². The second-order valence-corrected chi connectivity index (χ2v) is 4.58. The Bertz CT molecular complexity index is 304. The zero-order valence-electron chi connectivity index (χ0n) is 7.90. The van der Waals surface area contributed by atoms with Crippen LogP contribution in [0.15, 0.2) is 23.1 Å². The van der Waals surface area contributed by atoms with Crippen molar-refractivity contribution in [3.05, 3.63) is 29.6 Å². The van der Waals surface area contributed by atoms with Crippen molar-refractivity contribution < 1.29 is 14.6 Å². The summed E-state index contributed by atoms with van der Waals surface area (Å²) in [6, 6.07) is 4.42. The van der Waals surface area contributed by atoms with Gasteiger partial charge in [-0.05, 0) is 23.8 Å². The molecule has 1 rings (SSSR count). The van der Waals surface area contributed by atoms with Crippen LogP contribution in [0.3, 0.4) is 0 Å². The molecule has 2 nitrogen and oxygen atoms in total. The van der Waals surface area contributed by atoms with Crippen LogP contribution in [0.25, 0.3) is 0 Å². The van der Waals surface area contributed by atoms with Crippen LogP contribution in [-0.2, 0) is 6.61 Å². The van der Waals surface area contributed by atoms with Crippen LogP contribution in [0.4, 0.5) is 4.39 Å². The molecule has 1 aromatic rings. The van der Waals surface area contributed by atoms with E-state index in [2.05, 4.69) is 0 Å². The number of thioether (sulfide) groups is 1. The molecule has 0 heterocycles. The van der Waals surface area contributed by atoms with Crippen molar-refractivity contribution in [3.8, 4) is 0 Å². The molecular weight excluding hydrogens is 203 g/mol. The predicted molar refractivity (Wildman–Crippen MR) is 54.7 cm³/mol. The van der Waals surface area contributed by atoms with Crippen molar-refractivity contribution in [1.29, 1.82) is 0 Å². The highest BCUT2D eigenvalue weighted by molar-refractivity contribution is 8.00. The van der Waals surface area contributed by atoms with Gasteiger partial charge < -0.3 is 10.2 Å². The largest absolute Gasteiger partial charge is 0.395 e. The third-order valence-corrected chi connectivity index (χ3v) is 2.77. The highest BCUT2D eigenvalue weighted by Gasteiger charge is 2.05. The number of hydrogen-bond acceptors (Lipinski definition) is 3. The number of aliphatic hydroxyl groups excluding tert-OH is 2. The van der Waals surface area contributed by atoms with E-state index >= 15 is 0 Å². The zero-order valence-corrected chi connectivity index (χ0v) is 8.72. The second-order valence-electron chi connectivity index (χ2n) is 3.06. The molecule has 78 valence electrons. The van der Waals surface area contributed by atoms with Gasteiger partial charge in [-0.25, -0.2) is 4.39 Å². The lowest BCUT2D eigenvalue weighted by molar-refractivity contribution is 0.281. The minimum absolute atomic E-state index is 0.0309. The van der Waals surface area contributed by atoms with Crippen molar-refractivity contribution in [1.82, 2.24) is 0 Å². The lowest BCUT2D eigenvalue weighted by Crippen LogP contribution is -2.01. The molecule has 0 amide bonds. The van der Waals surface area contributed by atoms with Crippen molar-refractivity contribution in [2.24, 2.45) is 0 Å². The highest BCUT2D eigenvalue weighted by Crippen LogP contribution is 2.24. The molecule has 1 unspecified atom stereocenters. The second kappa shape index (κ2) is 5.34. The first-order chi connectivity index (χ1) is 6.65. The zero-order chi connectivity index (χ0) is 10.6. The number of halogens is 1. The van der Waals surface area contributed by atoms with Gasteiger partial charge in [-0.3, -0.25) is 0 Å². The molecule has 0 bridgehead atoms. The minimum Gasteiger partial charge on any atom is -0.395 e. The minimum atomic E-state index is -0.357. The predicted octanol–water partition coefficient (Wildman–Crippen LogP) is 1.79. The average molecular weight is 216 g/mol. The number of benzene rings is 1. The third kappa shape index (κ3) is 3.29. The van der Waals surface area contributed by atoms with Gasteiger partial charge in [-0.2, -0.15) is 0 Å². The molecule has 0 saturated heterocycles. The first-order valence-electron chi connectivity index (χ1n) is 4.33. The lowest BCUT2D eigenvalue weighted by Gasteiger charge is -2.08. The van der Waals surface area contributed by atoms with Crippen molar-refractivity contribution >= 4 is 11.8 Å². The van der Waals surface area contributed by atoms with Gasteiger partial charge in [0.25, 0.3) is 0 Å². The molecule has 0 aliphatic carbocycles. The van der Waals surface area contributed by atoms with Crippen LogP contribution in [0, 0.1) is 5.82 Å². The quantitative estimate of drug-likeness (QED) is 0.754. The molecule has 0 aliphatic heterocycles. The molecule has 0 fully saturated rings. The Kier molecular flexibility index (Phi) is 4.38. The van der Waals surface area contributed by atoms with Crippen LogP contribution in [0.2, 0.25) is 0 Å². The molecular formula is C10H13FO2S. The smallest absolute Gasteiger partial charge is 0.124 e. The van der Waals surface area contributed by atoms with E-state index in [1.807, 2.05) is 6.92 Å². The fourth-order valence-electron chi connectivity index (χ4n) is 1.05. The standard InChI is InChI=1S/C10H13FO2S/c1-7(5-12)14-10-3-8(6-13)2-9(11)4-10/h2-4,7,12-13H,5-6H2,1H3. The SMILES string of the molecule is CC(CO)Sc1cc(F)cc(CO)c1. The summed E-state index contributed by atoms with van der Waals surface area (Å²) in [5.41, 5.74) is 0.553. The first kappa shape index (κ1) is 11.5. The van der Waals surface area contributed by atoms with Gasteiger partial charge in [0, 0.05) is 10.1 Å². The van der Waals surface area contributed by atoms with Gasteiger partial charge in [-0.15, -0.1) is 11.8 Å². The van der Waals surface area contributed by atoms with Crippen LogP contribution in [0.1, 0.15) is 12.5 Å². The van der Waals surface area contributed by atoms with Crippen LogP contribution >= 0.6 is 11.8 Å². The van der Waals surface area contributed by atoms with E-state index in [0.29, 0.717) is 5.56 Å². The molecule has 14 heavy (non-hydrogen) atoms. The van der Waals surface area contributed by atoms with Gasteiger partial charge in [0.1, 0.15) is 5.82 Å². The fraction of sp³-hybridized carbons (Fsp3) is 0.400. The summed E-state index contributed by atoms with van der Waals surface area (Å²) in [5, 5.41) is 17.7. The van der Waals surface area contributed by atoms with E-state index in [1.54, 1.807) is 6.07 Å². The number of hydrogen-bond donors (Lipinski definition) is 2. The van der Waals surface area contributed by atoms with Crippen molar-refractivity contribution in [2.75, 3.05) is 6.61 Å². The molecule has 2 N–H and O–H groups in total. The summed E-state index contributed by atoms with van der Waals surface area (Å²) in [6.07, 6.45) is 0. The number of aliphatic hydroxyl groups is 2. The Balaban J connectivity index is 2.81. The van der Waals surface area contributed by atoms with Gasteiger partial charge >= 0.3 is 0 Å². The molecule has 1 aromatic carbocycles. The van der Waals surface area contributed by atoms with E-state index in [9.17, 15) is 4.39 Å². The molecule has 0 aromatic heterocycles. The van der Waals surface area contributed by atoms with Crippen molar-refractivity contribution in [2.45, 2.75) is 23.7 Å². The maximum absolute atomic E-state index is 13.0. The summed E-state index contributed by atoms with van der Waals surface area (Å²) < 4.78 is 13.0. The number of rotatable bonds is 4. The van der Waals surface area contributed by atoms with Gasteiger partial charge in [0.15, 0.2) is 0 Å². The molecule has 0 saturated carbocycles. The first-order valence-corrected chi connectivity index (χ1v) is 5.21. The van der Waals surface area contributed by atoms with Crippen LogP contribution < -0.4 is 0 Å². The summed E-state index contributed by atoms with van der Waals surface area (Å²) in [7, 11) is 0. The average Bonchev–Trinajstić information content (AvgIpc) is 2.16. The van der Waals surface area contributed by atoms with E-state index in [-0.39, 0.29) is 24.3 Å². The summed E-state index contributed by atoms with van der Waals surface area (Å²) in [6.45, 7) is 1.74.